The molecule has 37 heavy (non-hydrogen) atoms. The zero-order valence-electron chi connectivity index (χ0n) is 21.4. The number of hydrogen-bond donors (Lipinski definition) is 0. The molecule has 0 spiro atoms. The molecular weight excluding hydrogens is 465 g/mol. The lowest BCUT2D eigenvalue weighted by Crippen LogP contribution is -2.31. The molecule has 5 nitrogen and oxygen atoms in total. The molecule has 0 N–H and O–H groups in total. The number of fused-ring (bicyclic) bond motifs is 1. The predicted molar refractivity (Wildman–Crippen MR) is 146 cm³/mol. The van der Waals surface area contributed by atoms with Crippen LogP contribution in [-0.2, 0) is 13.1 Å². The summed E-state index contributed by atoms with van der Waals surface area (Å²) in [6.07, 6.45) is 4.10. The van der Waals surface area contributed by atoms with Gasteiger partial charge in [0.2, 0.25) is 0 Å². The summed E-state index contributed by atoms with van der Waals surface area (Å²) in [5.41, 5.74) is 3.54. The standard InChI is InChI=1S/C31H34FN3O2/c1-37-29-11-5-10-27-28(31(36)25-8-3-2-4-9-25)23-35(30(27)29)19-7-17-33-16-6-18-34(21-20-33)22-24-12-14-26(32)15-13-24/h2-5,8-15,23H,6-7,16-22H2,1H3. The van der Waals surface area contributed by atoms with Crippen molar-refractivity contribution >= 4 is 16.7 Å². The lowest BCUT2D eigenvalue weighted by Gasteiger charge is -2.22. The van der Waals surface area contributed by atoms with Gasteiger partial charge < -0.3 is 14.2 Å². The number of para-hydroxylation sites is 1. The summed E-state index contributed by atoms with van der Waals surface area (Å²) in [5, 5.41) is 0.930. The number of aryl methyl sites for hydroxylation is 1. The molecule has 192 valence electrons. The third-order valence-electron chi connectivity index (χ3n) is 7.24. The molecule has 0 bridgehead atoms. The summed E-state index contributed by atoms with van der Waals surface area (Å²) in [6, 6.07) is 22.2. The van der Waals surface area contributed by atoms with Crippen LogP contribution in [0.15, 0.2) is 79.0 Å². The van der Waals surface area contributed by atoms with Crippen LogP contribution in [0.2, 0.25) is 0 Å². The minimum atomic E-state index is -0.185. The van der Waals surface area contributed by atoms with Crippen LogP contribution < -0.4 is 4.74 Å². The second kappa shape index (κ2) is 11.7. The molecule has 0 atom stereocenters. The highest BCUT2D eigenvalue weighted by atomic mass is 19.1. The van der Waals surface area contributed by atoms with Gasteiger partial charge in [0.15, 0.2) is 5.78 Å². The van der Waals surface area contributed by atoms with Crippen molar-refractivity contribution in [1.29, 1.82) is 0 Å². The van der Waals surface area contributed by atoms with E-state index in [0.717, 1.165) is 80.9 Å². The normalized spacial score (nSPS) is 15.1. The molecule has 6 heteroatoms. The van der Waals surface area contributed by atoms with Gasteiger partial charge in [0, 0.05) is 48.9 Å². The zero-order valence-corrected chi connectivity index (χ0v) is 21.4. The minimum absolute atomic E-state index is 0.0337. The Bertz CT molecular complexity index is 1330. The predicted octanol–water partition coefficient (Wildman–Crippen LogP) is 5.62. The molecule has 1 fully saturated rings. The van der Waals surface area contributed by atoms with Gasteiger partial charge in [-0.15, -0.1) is 0 Å². The molecule has 1 aromatic heterocycles. The number of benzene rings is 3. The number of carbonyl (C=O) groups is 1. The van der Waals surface area contributed by atoms with Gasteiger partial charge in [0.05, 0.1) is 12.6 Å². The third-order valence-corrected chi connectivity index (χ3v) is 7.24. The van der Waals surface area contributed by atoms with Crippen LogP contribution in [0.25, 0.3) is 10.9 Å². The van der Waals surface area contributed by atoms with Crippen molar-refractivity contribution in [3.63, 3.8) is 0 Å². The lowest BCUT2D eigenvalue weighted by atomic mass is 10.0. The van der Waals surface area contributed by atoms with E-state index in [1.54, 1.807) is 7.11 Å². The van der Waals surface area contributed by atoms with Crippen molar-refractivity contribution in [3.05, 3.63) is 102 Å². The van der Waals surface area contributed by atoms with E-state index in [1.807, 2.05) is 66.9 Å². The van der Waals surface area contributed by atoms with E-state index in [9.17, 15) is 9.18 Å². The number of ether oxygens (including phenoxy) is 1. The summed E-state index contributed by atoms with van der Waals surface area (Å²) in [4.78, 5) is 18.3. The fourth-order valence-electron chi connectivity index (χ4n) is 5.31. The number of carbonyl (C=O) groups excluding carboxylic acids is 1. The zero-order chi connectivity index (χ0) is 25.6. The Kier molecular flexibility index (Phi) is 7.97. The van der Waals surface area contributed by atoms with Gasteiger partial charge in [-0.2, -0.15) is 0 Å². The fourth-order valence-corrected chi connectivity index (χ4v) is 5.31. The SMILES string of the molecule is COc1cccc2c(C(=O)c3ccccc3)cn(CCCN3CCCN(Cc4ccc(F)cc4)CC3)c12. The van der Waals surface area contributed by atoms with E-state index < -0.39 is 0 Å². The molecule has 1 saturated heterocycles. The third kappa shape index (κ3) is 5.92. The van der Waals surface area contributed by atoms with Crippen molar-refractivity contribution < 1.29 is 13.9 Å². The van der Waals surface area contributed by atoms with Crippen molar-refractivity contribution in [3.8, 4) is 5.75 Å². The Morgan fingerprint density at radius 1 is 0.865 bits per heavy atom. The quantitative estimate of drug-likeness (QED) is 0.280. The maximum absolute atomic E-state index is 13.3. The van der Waals surface area contributed by atoms with Gasteiger partial charge in [-0.1, -0.05) is 54.6 Å². The highest BCUT2D eigenvalue weighted by Crippen LogP contribution is 2.31. The number of ketones is 1. The first-order chi connectivity index (χ1) is 18.1. The Morgan fingerprint density at radius 3 is 2.41 bits per heavy atom. The van der Waals surface area contributed by atoms with Crippen molar-refractivity contribution in [2.45, 2.75) is 25.9 Å². The first-order valence-electron chi connectivity index (χ1n) is 13.1. The van der Waals surface area contributed by atoms with E-state index in [4.69, 9.17) is 4.74 Å². The first-order valence-corrected chi connectivity index (χ1v) is 13.1. The number of hydrogen-bond acceptors (Lipinski definition) is 4. The molecule has 4 aromatic rings. The second-order valence-electron chi connectivity index (χ2n) is 9.74. The fraction of sp³-hybridized carbons (Fsp3) is 0.323. The van der Waals surface area contributed by atoms with Crippen LogP contribution in [0.4, 0.5) is 4.39 Å². The topological polar surface area (TPSA) is 37.7 Å². The minimum Gasteiger partial charge on any atom is -0.495 e. The Morgan fingerprint density at radius 2 is 1.62 bits per heavy atom. The number of methoxy groups -OCH3 is 1. The highest BCUT2D eigenvalue weighted by Gasteiger charge is 2.20. The summed E-state index contributed by atoms with van der Waals surface area (Å²) in [7, 11) is 1.68. The molecule has 2 heterocycles. The van der Waals surface area contributed by atoms with Crippen LogP contribution in [0.1, 0.15) is 34.3 Å². The van der Waals surface area contributed by atoms with Crippen LogP contribution >= 0.6 is 0 Å². The van der Waals surface area contributed by atoms with Crippen molar-refractivity contribution in [1.82, 2.24) is 14.4 Å². The second-order valence-corrected chi connectivity index (χ2v) is 9.74. The number of aromatic nitrogens is 1. The lowest BCUT2D eigenvalue weighted by molar-refractivity contribution is 0.104. The summed E-state index contributed by atoms with van der Waals surface area (Å²) in [6.45, 7) is 6.84. The van der Waals surface area contributed by atoms with E-state index >= 15 is 0 Å². The molecule has 0 aliphatic carbocycles. The molecule has 0 saturated carbocycles. The highest BCUT2D eigenvalue weighted by molar-refractivity contribution is 6.17. The molecule has 3 aromatic carbocycles. The van der Waals surface area contributed by atoms with Gasteiger partial charge in [0.25, 0.3) is 0 Å². The largest absolute Gasteiger partial charge is 0.495 e. The maximum atomic E-state index is 13.3. The Labute approximate surface area is 218 Å². The van der Waals surface area contributed by atoms with Crippen molar-refractivity contribution in [2.24, 2.45) is 0 Å². The van der Waals surface area contributed by atoms with Gasteiger partial charge in [-0.05, 0) is 56.2 Å². The van der Waals surface area contributed by atoms with Gasteiger partial charge in [-0.25, -0.2) is 4.39 Å². The van der Waals surface area contributed by atoms with E-state index in [1.165, 1.54) is 12.1 Å². The smallest absolute Gasteiger partial charge is 0.195 e. The maximum Gasteiger partial charge on any atom is 0.195 e. The summed E-state index contributed by atoms with van der Waals surface area (Å²) >= 11 is 0. The number of halogens is 1. The summed E-state index contributed by atoms with van der Waals surface area (Å²) < 4.78 is 21.1. The van der Waals surface area contributed by atoms with E-state index in [2.05, 4.69) is 14.4 Å². The summed E-state index contributed by atoms with van der Waals surface area (Å²) in [5.74, 6) is 0.637. The van der Waals surface area contributed by atoms with Crippen LogP contribution in [-0.4, -0.2) is 60.0 Å². The van der Waals surface area contributed by atoms with Crippen LogP contribution in [0, 0.1) is 5.82 Å². The molecule has 0 unspecified atom stereocenters. The van der Waals surface area contributed by atoms with Gasteiger partial charge in [0.1, 0.15) is 11.6 Å². The molecular formula is C31H34FN3O2. The number of nitrogens with zero attached hydrogens (tertiary/aromatic N) is 3. The monoisotopic (exact) mass is 499 g/mol. The number of rotatable bonds is 9. The molecule has 0 amide bonds. The van der Waals surface area contributed by atoms with Gasteiger partial charge >= 0.3 is 0 Å². The molecule has 1 aliphatic rings. The van der Waals surface area contributed by atoms with E-state index in [0.29, 0.717) is 11.1 Å². The molecule has 5 rings (SSSR count). The molecule has 0 radical (unpaired) electrons. The first kappa shape index (κ1) is 25.2. The average Bonchev–Trinajstić information content (AvgIpc) is 3.16. The Balaban J connectivity index is 1.24. The van der Waals surface area contributed by atoms with Crippen molar-refractivity contribution in [2.75, 3.05) is 39.8 Å². The van der Waals surface area contributed by atoms with Gasteiger partial charge in [-0.3, -0.25) is 9.69 Å². The Hall–Kier alpha value is -3.48. The molecule has 1 aliphatic heterocycles. The van der Waals surface area contributed by atoms with Crippen LogP contribution in [0.5, 0.6) is 5.75 Å². The van der Waals surface area contributed by atoms with E-state index in [-0.39, 0.29) is 11.6 Å². The van der Waals surface area contributed by atoms with Crippen LogP contribution in [0.3, 0.4) is 0 Å². The average molecular weight is 500 g/mol.